The minimum atomic E-state index is -0.185. The summed E-state index contributed by atoms with van der Waals surface area (Å²) in [5.74, 6) is 0.214. The summed E-state index contributed by atoms with van der Waals surface area (Å²) in [5.41, 5.74) is 7.26. The molecule has 0 aliphatic heterocycles. The molecule has 0 radical (unpaired) electrons. The first-order valence-corrected chi connectivity index (χ1v) is 8.21. The number of para-hydroxylation sites is 1. The lowest BCUT2D eigenvalue weighted by Crippen LogP contribution is -2.28. The molecule has 3 aromatic rings. The highest BCUT2D eigenvalue weighted by atomic mass is 16.2. The van der Waals surface area contributed by atoms with Crippen LogP contribution in [-0.2, 0) is 11.3 Å². The largest absolute Gasteiger partial charge is 0.397 e. The molecule has 2 aromatic heterocycles. The van der Waals surface area contributed by atoms with Crippen molar-refractivity contribution in [3.05, 3.63) is 36.7 Å². The number of aromatic nitrogens is 4. The van der Waals surface area contributed by atoms with Gasteiger partial charge in [0.25, 0.3) is 5.91 Å². The quantitative estimate of drug-likeness (QED) is 0.755. The van der Waals surface area contributed by atoms with Crippen LogP contribution in [0.5, 0.6) is 0 Å². The highest BCUT2D eigenvalue weighted by molar-refractivity contribution is 5.99. The van der Waals surface area contributed by atoms with E-state index < -0.39 is 0 Å². The molecule has 8 nitrogen and oxygen atoms in total. The Morgan fingerprint density at radius 1 is 1.24 bits per heavy atom. The van der Waals surface area contributed by atoms with Gasteiger partial charge in [0.2, 0.25) is 5.91 Å². The van der Waals surface area contributed by atoms with Gasteiger partial charge in [-0.2, -0.15) is 0 Å². The number of hydrogen-bond donors (Lipinski definition) is 2. The lowest BCUT2D eigenvalue weighted by atomic mass is 9.85. The van der Waals surface area contributed by atoms with Gasteiger partial charge < -0.3 is 11.1 Å². The molecule has 1 aliphatic rings. The molecule has 128 valence electrons. The van der Waals surface area contributed by atoms with Crippen LogP contribution >= 0.6 is 0 Å². The number of hydrogen-bond acceptors (Lipinski definition) is 5. The van der Waals surface area contributed by atoms with Crippen LogP contribution in [0, 0.1) is 5.92 Å². The average molecular weight is 338 g/mol. The van der Waals surface area contributed by atoms with Crippen molar-refractivity contribution >= 4 is 34.2 Å². The summed E-state index contributed by atoms with van der Waals surface area (Å²) < 4.78 is 2.92. The van der Waals surface area contributed by atoms with Crippen LogP contribution in [-0.4, -0.2) is 31.4 Å². The summed E-state index contributed by atoms with van der Waals surface area (Å²) in [4.78, 5) is 24.5. The van der Waals surface area contributed by atoms with Crippen molar-refractivity contribution < 1.29 is 9.59 Å². The van der Waals surface area contributed by atoms with E-state index in [1.807, 2.05) is 24.3 Å². The Hall–Kier alpha value is -3.16. The summed E-state index contributed by atoms with van der Waals surface area (Å²) in [6.45, 7) is 0.00438. The maximum atomic E-state index is 12.6. The molecule has 2 heterocycles. The summed E-state index contributed by atoms with van der Waals surface area (Å²) in [5, 5.41) is 11.4. The number of benzene rings is 1. The third-order valence-electron chi connectivity index (χ3n) is 4.57. The zero-order valence-corrected chi connectivity index (χ0v) is 13.6. The standard InChI is InChI=1S/C17H18N6O2/c18-13-8-23(14-7-2-1-6-12(13)14)16(24)10-22-9-15(20-21-22)19-17(25)11-4-3-5-11/h1-2,6-9,11H,3-5,10,18H2,(H,19,25). The summed E-state index contributed by atoms with van der Waals surface area (Å²) in [6.07, 6.45) is 6.10. The van der Waals surface area contributed by atoms with E-state index in [1.165, 1.54) is 9.25 Å². The maximum Gasteiger partial charge on any atom is 0.252 e. The zero-order valence-electron chi connectivity index (χ0n) is 13.6. The molecule has 0 spiro atoms. The van der Waals surface area contributed by atoms with E-state index in [2.05, 4.69) is 15.6 Å². The van der Waals surface area contributed by atoms with Crippen molar-refractivity contribution in [1.82, 2.24) is 19.6 Å². The second-order valence-electron chi connectivity index (χ2n) is 6.28. The Labute approximate surface area is 143 Å². The van der Waals surface area contributed by atoms with E-state index in [0.717, 1.165) is 30.2 Å². The van der Waals surface area contributed by atoms with Gasteiger partial charge >= 0.3 is 0 Å². The second-order valence-corrected chi connectivity index (χ2v) is 6.28. The molecule has 1 aliphatic carbocycles. The first kappa shape index (κ1) is 15.4. The molecule has 8 heteroatoms. The summed E-state index contributed by atoms with van der Waals surface area (Å²) in [7, 11) is 0. The Balaban J connectivity index is 1.48. The Morgan fingerprint density at radius 2 is 2.04 bits per heavy atom. The van der Waals surface area contributed by atoms with Crippen LogP contribution < -0.4 is 11.1 Å². The van der Waals surface area contributed by atoms with Crippen LogP contribution in [0.4, 0.5) is 11.5 Å². The fraction of sp³-hybridized carbons (Fsp3) is 0.294. The molecule has 1 aromatic carbocycles. The van der Waals surface area contributed by atoms with Crippen molar-refractivity contribution in [3.8, 4) is 0 Å². The molecule has 25 heavy (non-hydrogen) atoms. The van der Waals surface area contributed by atoms with Gasteiger partial charge in [0.15, 0.2) is 5.82 Å². The van der Waals surface area contributed by atoms with Crippen LogP contribution in [0.25, 0.3) is 10.9 Å². The molecule has 3 N–H and O–H groups in total. The SMILES string of the molecule is Nc1cn(C(=O)Cn2cc(NC(=O)C3CCC3)nn2)c2ccccc12. The molecule has 1 amide bonds. The van der Waals surface area contributed by atoms with E-state index in [-0.39, 0.29) is 24.3 Å². The Bertz CT molecular complexity index is 953. The van der Waals surface area contributed by atoms with Gasteiger partial charge in [0.05, 0.1) is 17.4 Å². The molecule has 0 bridgehead atoms. The van der Waals surface area contributed by atoms with E-state index in [1.54, 1.807) is 12.4 Å². The van der Waals surface area contributed by atoms with Crippen molar-refractivity contribution in [2.24, 2.45) is 5.92 Å². The number of carbonyl (C=O) groups excluding carboxylic acids is 2. The number of nitrogens with zero attached hydrogens (tertiary/aromatic N) is 4. The maximum absolute atomic E-state index is 12.6. The first-order chi connectivity index (χ1) is 12.1. The van der Waals surface area contributed by atoms with E-state index in [0.29, 0.717) is 11.5 Å². The second kappa shape index (κ2) is 6.04. The number of rotatable bonds is 4. The summed E-state index contributed by atoms with van der Waals surface area (Å²) >= 11 is 0. The number of nitrogen functional groups attached to an aromatic ring is 1. The monoisotopic (exact) mass is 338 g/mol. The highest BCUT2D eigenvalue weighted by Crippen LogP contribution is 2.27. The van der Waals surface area contributed by atoms with Crippen molar-refractivity contribution in [1.29, 1.82) is 0 Å². The van der Waals surface area contributed by atoms with Gasteiger partial charge in [-0.25, -0.2) is 4.68 Å². The first-order valence-electron chi connectivity index (χ1n) is 8.21. The molecule has 0 atom stereocenters. The van der Waals surface area contributed by atoms with Crippen LogP contribution in [0.2, 0.25) is 0 Å². The molecule has 0 saturated heterocycles. The van der Waals surface area contributed by atoms with E-state index >= 15 is 0 Å². The van der Waals surface area contributed by atoms with Gasteiger partial charge in [0, 0.05) is 17.5 Å². The fourth-order valence-corrected chi connectivity index (χ4v) is 2.96. The summed E-state index contributed by atoms with van der Waals surface area (Å²) in [6, 6.07) is 7.45. The lowest BCUT2D eigenvalue weighted by molar-refractivity contribution is -0.122. The topological polar surface area (TPSA) is 108 Å². The Kier molecular flexibility index (Phi) is 3.72. The predicted octanol–water partition coefficient (Wildman–Crippen LogP) is 1.89. The number of anilines is 2. The normalized spacial score (nSPS) is 14.4. The number of fused-ring (bicyclic) bond motifs is 1. The van der Waals surface area contributed by atoms with E-state index in [9.17, 15) is 9.59 Å². The van der Waals surface area contributed by atoms with Gasteiger partial charge in [0.1, 0.15) is 6.54 Å². The smallest absolute Gasteiger partial charge is 0.252 e. The van der Waals surface area contributed by atoms with Gasteiger partial charge in [-0.15, -0.1) is 5.10 Å². The van der Waals surface area contributed by atoms with E-state index in [4.69, 9.17) is 5.73 Å². The van der Waals surface area contributed by atoms with Crippen LogP contribution in [0.3, 0.4) is 0 Å². The predicted molar refractivity (Wildman–Crippen MR) is 93.0 cm³/mol. The lowest BCUT2D eigenvalue weighted by Gasteiger charge is -2.23. The minimum Gasteiger partial charge on any atom is -0.397 e. The minimum absolute atomic E-state index is 0.00438. The zero-order chi connectivity index (χ0) is 17.4. The van der Waals surface area contributed by atoms with Gasteiger partial charge in [-0.1, -0.05) is 29.8 Å². The number of amides is 1. The number of nitrogens with one attached hydrogen (secondary N) is 1. The number of nitrogens with two attached hydrogens (primary N) is 1. The van der Waals surface area contributed by atoms with Crippen molar-refractivity contribution in [3.63, 3.8) is 0 Å². The molecule has 0 unspecified atom stereocenters. The molecular formula is C17H18N6O2. The van der Waals surface area contributed by atoms with Crippen LogP contribution in [0.15, 0.2) is 36.7 Å². The van der Waals surface area contributed by atoms with Gasteiger partial charge in [-0.05, 0) is 18.9 Å². The van der Waals surface area contributed by atoms with Gasteiger partial charge in [-0.3, -0.25) is 14.2 Å². The van der Waals surface area contributed by atoms with Crippen molar-refractivity contribution in [2.75, 3.05) is 11.1 Å². The third kappa shape index (κ3) is 2.86. The molecule has 1 saturated carbocycles. The molecule has 1 fully saturated rings. The van der Waals surface area contributed by atoms with Crippen LogP contribution in [0.1, 0.15) is 24.1 Å². The molecule has 4 rings (SSSR count). The number of carbonyl (C=O) groups is 2. The fourth-order valence-electron chi connectivity index (χ4n) is 2.96. The van der Waals surface area contributed by atoms with Crippen molar-refractivity contribution in [2.45, 2.75) is 25.8 Å². The average Bonchev–Trinajstić information content (AvgIpc) is 3.11. The Morgan fingerprint density at radius 3 is 2.80 bits per heavy atom. The third-order valence-corrected chi connectivity index (χ3v) is 4.57. The highest BCUT2D eigenvalue weighted by Gasteiger charge is 2.25. The molecular weight excluding hydrogens is 320 g/mol.